The minimum atomic E-state index is -1.27. The molecule has 0 aromatic rings. The van der Waals surface area contributed by atoms with E-state index < -0.39 is 23.3 Å². The third-order valence-corrected chi connectivity index (χ3v) is 3.40. The summed E-state index contributed by atoms with van der Waals surface area (Å²) in [5, 5.41) is 15.6. The van der Waals surface area contributed by atoms with Gasteiger partial charge >= 0.3 is 6.03 Å². The molecule has 0 spiro atoms. The molecule has 0 saturated carbocycles. The zero-order valence-corrected chi connectivity index (χ0v) is 14.6. The van der Waals surface area contributed by atoms with E-state index in [0.29, 0.717) is 12.6 Å². The second kappa shape index (κ2) is 10.1. The van der Waals surface area contributed by atoms with Gasteiger partial charge in [0.15, 0.2) is 0 Å². The zero-order chi connectivity index (χ0) is 18.0. The first-order valence-corrected chi connectivity index (χ1v) is 7.91. The van der Waals surface area contributed by atoms with Gasteiger partial charge in [0.2, 0.25) is 11.8 Å². The summed E-state index contributed by atoms with van der Waals surface area (Å²) >= 11 is 0. The van der Waals surface area contributed by atoms with Crippen LogP contribution in [-0.4, -0.2) is 42.1 Å². The Hall–Kier alpha value is -1.73. The molecule has 1 aliphatic heterocycles. The zero-order valence-electron chi connectivity index (χ0n) is 14.6. The third kappa shape index (κ3) is 6.11. The standard InChI is InChI=1S/C11H16N2O3.C5H13NO/c1-4-5-6-11(7(2)3)8(14)12-10(16)13-9(11)15;1-5(2)6-3-4-7/h5-7H,4H2,1-3H3,(H2,12,13,14,15,16);5-7H,3-4H2,1-2H3/b6-5+;. The average molecular weight is 327 g/mol. The van der Waals surface area contributed by atoms with Gasteiger partial charge < -0.3 is 10.4 Å². The van der Waals surface area contributed by atoms with E-state index in [2.05, 4.69) is 29.8 Å². The molecular formula is C16H29N3O4. The predicted octanol–water partition coefficient (Wildman–Crippen LogP) is 0.938. The maximum Gasteiger partial charge on any atom is 0.328 e. The van der Waals surface area contributed by atoms with Crippen LogP contribution in [0.5, 0.6) is 0 Å². The predicted molar refractivity (Wildman–Crippen MR) is 88.6 cm³/mol. The lowest BCUT2D eigenvalue weighted by molar-refractivity contribution is -0.143. The summed E-state index contributed by atoms with van der Waals surface area (Å²) in [6, 6.07) is -0.261. The molecule has 7 heteroatoms. The van der Waals surface area contributed by atoms with E-state index in [0.717, 1.165) is 6.42 Å². The molecule has 4 N–H and O–H groups in total. The molecule has 1 saturated heterocycles. The number of aliphatic hydroxyl groups is 1. The maximum atomic E-state index is 11.8. The molecule has 1 aliphatic rings. The molecule has 0 aliphatic carbocycles. The van der Waals surface area contributed by atoms with Crippen LogP contribution < -0.4 is 16.0 Å². The quantitative estimate of drug-likeness (QED) is 0.429. The van der Waals surface area contributed by atoms with E-state index in [1.807, 2.05) is 6.92 Å². The van der Waals surface area contributed by atoms with Gasteiger partial charge in [0, 0.05) is 12.6 Å². The number of hydrogen-bond donors (Lipinski definition) is 4. The lowest BCUT2D eigenvalue weighted by atomic mass is 9.74. The van der Waals surface area contributed by atoms with E-state index in [1.54, 1.807) is 26.0 Å². The van der Waals surface area contributed by atoms with Crippen molar-refractivity contribution in [2.24, 2.45) is 11.3 Å². The fourth-order valence-corrected chi connectivity index (χ4v) is 2.07. The van der Waals surface area contributed by atoms with Crippen molar-refractivity contribution in [1.82, 2.24) is 16.0 Å². The van der Waals surface area contributed by atoms with Crippen LogP contribution in [0.15, 0.2) is 12.2 Å². The highest BCUT2D eigenvalue weighted by Gasteiger charge is 2.50. The molecule has 0 aromatic heterocycles. The van der Waals surface area contributed by atoms with Crippen molar-refractivity contribution in [3.63, 3.8) is 0 Å². The molecule has 1 heterocycles. The van der Waals surface area contributed by atoms with E-state index in [4.69, 9.17) is 5.11 Å². The first-order chi connectivity index (χ1) is 10.7. The van der Waals surface area contributed by atoms with Crippen molar-refractivity contribution in [1.29, 1.82) is 0 Å². The van der Waals surface area contributed by atoms with Crippen LogP contribution in [0.3, 0.4) is 0 Å². The SMILES string of the molecule is CC(C)NCCO.CC/C=C/C1(C(C)C)C(=O)NC(=O)NC1=O. The molecule has 0 unspecified atom stereocenters. The van der Waals surface area contributed by atoms with E-state index in [-0.39, 0.29) is 12.5 Å². The van der Waals surface area contributed by atoms with E-state index in [9.17, 15) is 14.4 Å². The van der Waals surface area contributed by atoms with Crippen LogP contribution in [-0.2, 0) is 9.59 Å². The van der Waals surface area contributed by atoms with Crippen molar-refractivity contribution in [3.8, 4) is 0 Å². The fourth-order valence-electron chi connectivity index (χ4n) is 2.07. The Bertz CT molecular complexity index is 425. The van der Waals surface area contributed by atoms with Gasteiger partial charge in [0.1, 0.15) is 5.41 Å². The van der Waals surface area contributed by atoms with Crippen molar-refractivity contribution in [2.75, 3.05) is 13.2 Å². The number of carbonyl (C=O) groups is 3. The van der Waals surface area contributed by atoms with Gasteiger partial charge in [-0.2, -0.15) is 0 Å². The lowest BCUT2D eigenvalue weighted by Gasteiger charge is -2.34. The lowest BCUT2D eigenvalue weighted by Crippen LogP contribution is -2.63. The number of nitrogens with one attached hydrogen (secondary N) is 3. The topological polar surface area (TPSA) is 108 Å². The van der Waals surface area contributed by atoms with Crippen molar-refractivity contribution < 1.29 is 19.5 Å². The number of aliphatic hydroxyl groups excluding tert-OH is 1. The Kier molecular flexibility index (Phi) is 9.36. The summed E-state index contributed by atoms with van der Waals surface area (Å²) in [5.74, 6) is -1.33. The molecule has 0 radical (unpaired) electrons. The molecule has 0 atom stereocenters. The molecule has 1 fully saturated rings. The van der Waals surface area contributed by atoms with Gasteiger partial charge in [-0.3, -0.25) is 20.2 Å². The summed E-state index contributed by atoms with van der Waals surface area (Å²) in [5.41, 5.74) is -1.27. The van der Waals surface area contributed by atoms with E-state index >= 15 is 0 Å². The summed E-state index contributed by atoms with van der Waals surface area (Å²) in [4.78, 5) is 34.7. The van der Waals surface area contributed by atoms with Crippen molar-refractivity contribution in [3.05, 3.63) is 12.2 Å². The molecule has 4 amide bonds. The number of rotatable bonds is 6. The first-order valence-electron chi connectivity index (χ1n) is 7.91. The Morgan fingerprint density at radius 1 is 1.13 bits per heavy atom. The van der Waals surface area contributed by atoms with Crippen molar-refractivity contribution >= 4 is 17.8 Å². The fraction of sp³-hybridized carbons (Fsp3) is 0.688. The van der Waals surface area contributed by atoms with Gasteiger partial charge in [0.25, 0.3) is 0 Å². The highest BCUT2D eigenvalue weighted by atomic mass is 16.3. The number of hydrogen-bond acceptors (Lipinski definition) is 5. The summed E-state index contributed by atoms with van der Waals surface area (Å²) < 4.78 is 0. The Labute approximate surface area is 137 Å². The largest absolute Gasteiger partial charge is 0.395 e. The van der Waals surface area contributed by atoms with E-state index in [1.165, 1.54) is 0 Å². The second-order valence-corrected chi connectivity index (χ2v) is 5.90. The van der Waals surface area contributed by atoms with Crippen LogP contribution in [0.1, 0.15) is 41.0 Å². The Morgan fingerprint density at radius 2 is 1.65 bits per heavy atom. The van der Waals surface area contributed by atoms with Crippen LogP contribution in [0.25, 0.3) is 0 Å². The number of barbiturate groups is 1. The highest BCUT2D eigenvalue weighted by Crippen LogP contribution is 2.32. The van der Waals surface area contributed by atoms with Gasteiger partial charge in [-0.15, -0.1) is 0 Å². The number of carbonyl (C=O) groups excluding carboxylic acids is 3. The van der Waals surface area contributed by atoms with Crippen LogP contribution >= 0.6 is 0 Å². The monoisotopic (exact) mass is 327 g/mol. The average Bonchev–Trinajstić information content (AvgIpc) is 2.44. The summed E-state index contributed by atoms with van der Waals surface area (Å²) in [7, 11) is 0. The summed E-state index contributed by atoms with van der Waals surface area (Å²) in [6.07, 6.45) is 4.06. The molecule has 7 nitrogen and oxygen atoms in total. The molecular weight excluding hydrogens is 298 g/mol. The number of amides is 4. The van der Waals surface area contributed by atoms with Gasteiger partial charge in [0.05, 0.1) is 6.61 Å². The number of imide groups is 2. The smallest absolute Gasteiger partial charge is 0.328 e. The number of urea groups is 1. The van der Waals surface area contributed by atoms with Crippen molar-refractivity contribution in [2.45, 2.75) is 47.1 Å². The normalized spacial score (nSPS) is 17.1. The molecule has 0 aromatic carbocycles. The van der Waals surface area contributed by atoms with Crippen LogP contribution in [0.2, 0.25) is 0 Å². The van der Waals surface area contributed by atoms with Gasteiger partial charge in [-0.1, -0.05) is 46.8 Å². The summed E-state index contributed by atoms with van der Waals surface area (Å²) in [6.45, 7) is 10.5. The van der Waals surface area contributed by atoms with Crippen LogP contribution in [0, 0.1) is 11.3 Å². The molecule has 0 bridgehead atoms. The Balaban J connectivity index is 0.000000585. The minimum absolute atomic E-state index is 0.219. The molecule has 132 valence electrons. The second-order valence-electron chi connectivity index (χ2n) is 5.90. The number of allylic oxidation sites excluding steroid dienone is 1. The Morgan fingerprint density at radius 3 is 1.96 bits per heavy atom. The maximum absolute atomic E-state index is 11.8. The third-order valence-electron chi connectivity index (χ3n) is 3.40. The van der Waals surface area contributed by atoms with Gasteiger partial charge in [-0.05, 0) is 12.3 Å². The molecule has 1 rings (SSSR count). The van der Waals surface area contributed by atoms with Crippen LogP contribution in [0.4, 0.5) is 4.79 Å². The van der Waals surface area contributed by atoms with Gasteiger partial charge in [-0.25, -0.2) is 4.79 Å². The first kappa shape index (κ1) is 21.3. The highest BCUT2D eigenvalue weighted by molar-refractivity contribution is 6.20. The minimum Gasteiger partial charge on any atom is -0.395 e. The molecule has 23 heavy (non-hydrogen) atoms.